The smallest absolute Gasteiger partial charge is 0.414 e. The van der Waals surface area contributed by atoms with Crippen molar-refractivity contribution in [3.8, 4) is 0 Å². The quantitative estimate of drug-likeness (QED) is 0.531. The average Bonchev–Trinajstić information content (AvgIpc) is 3.29. The van der Waals surface area contributed by atoms with E-state index in [1.165, 1.54) is 26.4 Å². The van der Waals surface area contributed by atoms with Gasteiger partial charge in [-0.15, -0.1) is 0 Å². The van der Waals surface area contributed by atoms with Crippen molar-refractivity contribution < 1.29 is 24.2 Å². The monoisotopic (exact) mass is 497 g/mol. The third-order valence-electron chi connectivity index (χ3n) is 8.53. The van der Waals surface area contributed by atoms with E-state index in [-0.39, 0.29) is 36.3 Å². The fraction of sp³-hybridized carbons (Fsp3) is 0.679. The highest BCUT2D eigenvalue weighted by Crippen LogP contribution is 2.42. The highest BCUT2D eigenvalue weighted by molar-refractivity contribution is 5.95. The van der Waals surface area contributed by atoms with Gasteiger partial charge in [0.05, 0.1) is 35.9 Å². The van der Waals surface area contributed by atoms with Gasteiger partial charge < -0.3 is 19.1 Å². The number of hydrogen-bond donors (Lipinski definition) is 1. The van der Waals surface area contributed by atoms with Crippen LogP contribution >= 0.6 is 0 Å². The lowest BCUT2D eigenvalue weighted by atomic mass is 9.85. The molecule has 4 atom stereocenters. The summed E-state index contributed by atoms with van der Waals surface area (Å²) < 4.78 is 13.9. The second kappa shape index (κ2) is 10.4. The minimum absolute atomic E-state index is 0.0483. The molecule has 0 saturated heterocycles. The van der Waals surface area contributed by atoms with Crippen LogP contribution in [0.2, 0.25) is 0 Å². The molecule has 5 rings (SSSR count). The Labute approximate surface area is 213 Å². The summed E-state index contributed by atoms with van der Waals surface area (Å²) in [5.74, 6) is -0.169. The van der Waals surface area contributed by atoms with E-state index >= 15 is 0 Å². The van der Waals surface area contributed by atoms with Gasteiger partial charge in [0.2, 0.25) is 0 Å². The van der Waals surface area contributed by atoms with E-state index in [0.29, 0.717) is 6.42 Å². The van der Waals surface area contributed by atoms with Gasteiger partial charge >= 0.3 is 12.1 Å². The number of methoxy groups -OCH3 is 1. The first kappa shape index (κ1) is 25.1. The van der Waals surface area contributed by atoms with Crippen molar-refractivity contribution in [2.75, 3.05) is 12.0 Å². The highest BCUT2D eigenvalue weighted by Gasteiger charge is 2.35. The number of benzene rings is 1. The Kier molecular flexibility index (Phi) is 7.24. The first-order valence-corrected chi connectivity index (χ1v) is 13.7. The number of carbonyl (C=O) groups excluding carboxylic acids is 1. The molecule has 1 unspecified atom stereocenters. The molecule has 0 bridgehead atoms. The van der Waals surface area contributed by atoms with Crippen LogP contribution in [0.5, 0.6) is 0 Å². The average molecular weight is 498 g/mol. The van der Waals surface area contributed by atoms with Gasteiger partial charge in [-0.05, 0) is 70.9 Å². The molecule has 36 heavy (non-hydrogen) atoms. The maximum atomic E-state index is 12.6. The number of carboxylic acids is 1. The van der Waals surface area contributed by atoms with E-state index in [1.807, 2.05) is 13.0 Å². The number of imidazole rings is 1. The van der Waals surface area contributed by atoms with Crippen LogP contribution in [-0.4, -0.2) is 46.0 Å². The summed E-state index contributed by atoms with van der Waals surface area (Å²) in [7, 11) is 1.42. The molecule has 2 saturated carbocycles. The predicted octanol–water partition coefficient (Wildman–Crippen LogP) is 6.17. The maximum absolute atomic E-state index is 12.6. The van der Waals surface area contributed by atoms with Gasteiger partial charge in [0.25, 0.3) is 0 Å². The van der Waals surface area contributed by atoms with Crippen LogP contribution < -0.4 is 4.90 Å². The number of rotatable bonds is 5. The van der Waals surface area contributed by atoms with Crippen molar-refractivity contribution in [2.24, 2.45) is 5.92 Å². The van der Waals surface area contributed by atoms with E-state index in [4.69, 9.17) is 14.5 Å². The van der Waals surface area contributed by atoms with Crippen molar-refractivity contribution in [3.63, 3.8) is 0 Å². The lowest BCUT2D eigenvalue weighted by molar-refractivity contribution is -0.143. The van der Waals surface area contributed by atoms with Crippen molar-refractivity contribution in [1.82, 2.24) is 9.55 Å². The predicted molar refractivity (Wildman–Crippen MR) is 137 cm³/mol. The standard InChI is InChI=1S/C28H39N3O5/c1-17-12-13-22-23(30(17)28(34)35-3)14-15-24-25(22)29-26(18(2)36-21-10-5-4-6-11-21)31(24)20-9-7-8-19(16-20)27(32)33/h14-15,17-21H,4-13,16H2,1-3H3,(H,32,33)/t17?,18-,19+,20+/m0/s1. The summed E-state index contributed by atoms with van der Waals surface area (Å²) >= 11 is 0. The summed E-state index contributed by atoms with van der Waals surface area (Å²) in [5, 5.41) is 9.75. The molecule has 2 heterocycles. The van der Waals surface area contributed by atoms with Crippen molar-refractivity contribution in [3.05, 3.63) is 23.5 Å². The zero-order valence-corrected chi connectivity index (χ0v) is 21.7. The van der Waals surface area contributed by atoms with Gasteiger partial charge in [-0.25, -0.2) is 9.78 Å². The molecule has 8 heteroatoms. The van der Waals surface area contributed by atoms with E-state index < -0.39 is 5.97 Å². The largest absolute Gasteiger partial charge is 0.481 e. The topological polar surface area (TPSA) is 93.9 Å². The Bertz CT molecular complexity index is 1120. The third-order valence-corrected chi connectivity index (χ3v) is 8.53. The van der Waals surface area contributed by atoms with Crippen LogP contribution in [0.15, 0.2) is 12.1 Å². The lowest BCUT2D eigenvalue weighted by Gasteiger charge is -2.34. The number of ether oxygens (including phenoxy) is 2. The molecule has 2 fully saturated rings. The maximum Gasteiger partial charge on any atom is 0.414 e. The molecule has 0 spiro atoms. The first-order chi connectivity index (χ1) is 17.4. The minimum Gasteiger partial charge on any atom is -0.481 e. The highest BCUT2D eigenvalue weighted by atomic mass is 16.5. The van der Waals surface area contributed by atoms with E-state index in [2.05, 4.69) is 17.6 Å². The summed E-state index contributed by atoms with van der Waals surface area (Å²) in [5.41, 5.74) is 3.83. The molecule has 0 radical (unpaired) electrons. The molecule has 1 N–H and O–H groups in total. The molecule has 1 aromatic heterocycles. The Morgan fingerprint density at radius 3 is 2.58 bits per heavy atom. The summed E-state index contributed by atoms with van der Waals surface area (Å²) in [6.45, 7) is 4.13. The Morgan fingerprint density at radius 2 is 1.86 bits per heavy atom. The van der Waals surface area contributed by atoms with Gasteiger partial charge in [0, 0.05) is 17.6 Å². The van der Waals surface area contributed by atoms with Crippen LogP contribution in [0.1, 0.15) is 102 Å². The molecule has 1 aromatic carbocycles. The molecule has 2 aliphatic carbocycles. The van der Waals surface area contributed by atoms with E-state index in [0.717, 1.165) is 73.1 Å². The molecule has 196 valence electrons. The third kappa shape index (κ3) is 4.60. The Morgan fingerprint density at radius 1 is 1.08 bits per heavy atom. The molecule has 3 aliphatic rings. The van der Waals surface area contributed by atoms with Gasteiger partial charge in [-0.2, -0.15) is 0 Å². The summed E-state index contributed by atoms with van der Waals surface area (Å²) in [6.07, 6.45) is 10.3. The molecular formula is C28H39N3O5. The van der Waals surface area contributed by atoms with Crippen LogP contribution in [0.25, 0.3) is 11.0 Å². The number of carbonyl (C=O) groups is 2. The van der Waals surface area contributed by atoms with Gasteiger partial charge in [-0.3, -0.25) is 9.69 Å². The molecular weight excluding hydrogens is 458 g/mol. The number of amides is 1. The fourth-order valence-corrected chi connectivity index (χ4v) is 6.64. The lowest BCUT2D eigenvalue weighted by Crippen LogP contribution is -2.42. The van der Waals surface area contributed by atoms with E-state index in [1.54, 1.807) is 4.90 Å². The zero-order chi connectivity index (χ0) is 25.4. The number of carboxylic acid groups (broad SMARTS) is 1. The molecule has 1 aliphatic heterocycles. The van der Waals surface area contributed by atoms with Crippen LogP contribution in [0, 0.1) is 5.92 Å². The summed E-state index contributed by atoms with van der Waals surface area (Å²) in [4.78, 5) is 31.4. The zero-order valence-electron chi connectivity index (χ0n) is 21.7. The Hall–Kier alpha value is -2.61. The summed E-state index contributed by atoms with van der Waals surface area (Å²) in [6, 6.07) is 4.17. The SMILES string of the molecule is COC(=O)N1c2ccc3c(nc([C@H](C)OC4CCCCC4)n3[C@@H]3CCC[C@@H](C(=O)O)C3)c2CCC1C. The van der Waals surface area contributed by atoms with Gasteiger partial charge in [0.1, 0.15) is 11.9 Å². The molecule has 2 aromatic rings. The number of aliphatic carboxylic acids is 1. The minimum atomic E-state index is -0.711. The van der Waals surface area contributed by atoms with Crippen molar-refractivity contribution in [1.29, 1.82) is 0 Å². The second-order valence-electron chi connectivity index (χ2n) is 10.9. The fourth-order valence-electron chi connectivity index (χ4n) is 6.64. The number of aromatic nitrogens is 2. The van der Waals surface area contributed by atoms with Crippen LogP contribution in [0.4, 0.5) is 10.5 Å². The van der Waals surface area contributed by atoms with Crippen molar-refractivity contribution in [2.45, 2.75) is 109 Å². The van der Waals surface area contributed by atoms with Crippen molar-refractivity contribution >= 4 is 28.8 Å². The van der Waals surface area contributed by atoms with Crippen LogP contribution in [-0.2, 0) is 20.7 Å². The number of fused-ring (bicyclic) bond motifs is 3. The second-order valence-corrected chi connectivity index (χ2v) is 10.9. The molecule has 8 nitrogen and oxygen atoms in total. The van der Waals surface area contributed by atoms with E-state index in [9.17, 15) is 14.7 Å². The van der Waals surface area contributed by atoms with Crippen LogP contribution in [0.3, 0.4) is 0 Å². The number of aryl methyl sites for hydroxylation is 1. The normalized spacial score (nSPS) is 26.0. The number of nitrogens with zero attached hydrogens (tertiary/aromatic N) is 3. The number of hydrogen-bond acceptors (Lipinski definition) is 5. The first-order valence-electron chi connectivity index (χ1n) is 13.7. The Balaban J connectivity index is 1.60. The van der Waals surface area contributed by atoms with Gasteiger partial charge in [-0.1, -0.05) is 25.7 Å². The number of anilines is 1. The molecule has 1 amide bonds. The van der Waals surface area contributed by atoms with Gasteiger partial charge in [0.15, 0.2) is 0 Å².